The maximum absolute atomic E-state index is 13.3. The van der Waals surface area contributed by atoms with E-state index in [4.69, 9.17) is 5.73 Å². The van der Waals surface area contributed by atoms with Gasteiger partial charge in [0.1, 0.15) is 5.54 Å². The van der Waals surface area contributed by atoms with E-state index < -0.39 is 5.54 Å². The summed E-state index contributed by atoms with van der Waals surface area (Å²) in [6, 6.07) is 0. The highest BCUT2D eigenvalue weighted by atomic mass is 16.2. The lowest BCUT2D eigenvalue weighted by atomic mass is 9.77. The molecule has 0 aromatic carbocycles. The van der Waals surface area contributed by atoms with E-state index in [1.807, 2.05) is 4.90 Å². The quantitative estimate of drug-likeness (QED) is 0.616. The van der Waals surface area contributed by atoms with Crippen LogP contribution >= 0.6 is 0 Å². The number of fused-ring (bicyclic) bond motifs is 1. The van der Waals surface area contributed by atoms with Crippen LogP contribution in [0.15, 0.2) is 0 Å². The lowest BCUT2D eigenvalue weighted by Crippen LogP contribution is -2.64. The van der Waals surface area contributed by atoms with Crippen molar-refractivity contribution in [1.82, 2.24) is 20.4 Å². The molecule has 7 heteroatoms. The Morgan fingerprint density at radius 2 is 1.52 bits per heavy atom. The number of amides is 2. The number of nitrogens with one attached hydrogen (secondary N) is 2. The smallest absolute Gasteiger partial charge is 0.238 e. The first kappa shape index (κ1) is 17.2. The summed E-state index contributed by atoms with van der Waals surface area (Å²) in [6.45, 7) is 6.59. The van der Waals surface area contributed by atoms with Crippen molar-refractivity contribution in [3.8, 4) is 0 Å². The molecule has 140 valence electrons. The van der Waals surface area contributed by atoms with Crippen LogP contribution in [0.2, 0.25) is 0 Å². The molecule has 4 rings (SSSR count). The molecule has 4 heterocycles. The van der Waals surface area contributed by atoms with E-state index in [-0.39, 0.29) is 17.2 Å². The molecule has 25 heavy (non-hydrogen) atoms. The second-order valence-electron chi connectivity index (χ2n) is 8.35. The third-order valence-electron chi connectivity index (χ3n) is 7.17. The van der Waals surface area contributed by atoms with Crippen molar-refractivity contribution in [3.63, 3.8) is 0 Å². The molecular formula is C18H31N5O2. The fourth-order valence-corrected chi connectivity index (χ4v) is 5.51. The van der Waals surface area contributed by atoms with E-state index in [1.165, 1.54) is 6.42 Å². The van der Waals surface area contributed by atoms with E-state index >= 15 is 0 Å². The summed E-state index contributed by atoms with van der Waals surface area (Å²) < 4.78 is 0. The van der Waals surface area contributed by atoms with Crippen molar-refractivity contribution < 1.29 is 9.59 Å². The normalized spacial score (nSPS) is 35.5. The van der Waals surface area contributed by atoms with Gasteiger partial charge in [-0.1, -0.05) is 6.42 Å². The van der Waals surface area contributed by atoms with Gasteiger partial charge in [0.05, 0.1) is 5.41 Å². The first-order chi connectivity index (χ1) is 12.1. The Labute approximate surface area is 149 Å². The highest BCUT2D eigenvalue weighted by Crippen LogP contribution is 2.39. The minimum atomic E-state index is -0.546. The number of nitrogens with zero attached hydrogens (tertiary/aromatic N) is 2. The molecule has 0 aliphatic carbocycles. The van der Waals surface area contributed by atoms with Gasteiger partial charge in [-0.15, -0.1) is 0 Å². The predicted octanol–water partition coefficient (Wildman–Crippen LogP) is -0.872. The van der Waals surface area contributed by atoms with E-state index in [9.17, 15) is 9.59 Å². The van der Waals surface area contributed by atoms with Crippen molar-refractivity contribution in [2.24, 2.45) is 17.1 Å². The SMILES string of the molecule is NC(=O)C1(N2CCCCC2)CCN(C(=O)C23CNCC2CNC3)CC1. The summed E-state index contributed by atoms with van der Waals surface area (Å²) in [4.78, 5) is 29.9. The Balaban J connectivity index is 1.46. The standard InChI is InChI=1S/C18H31N5O2/c19-15(24)18(23-6-2-1-3-7-23)4-8-22(9-5-18)16(25)17-12-20-10-14(17)11-21-13-17/h14,20-21H,1-13H2,(H2,19,24). The van der Waals surface area contributed by atoms with Crippen molar-refractivity contribution >= 4 is 11.8 Å². The van der Waals surface area contributed by atoms with Gasteiger partial charge in [-0.25, -0.2) is 0 Å². The van der Waals surface area contributed by atoms with Gasteiger partial charge in [0.15, 0.2) is 0 Å². The zero-order valence-electron chi connectivity index (χ0n) is 15.1. The highest BCUT2D eigenvalue weighted by Gasteiger charge is 2.55. The van der Waals surface area contributed by atoms with Crippen molar-refractivity contribution in [2.75, 3.05) is 52.4 Å². The van der Waals surface area contributed by atoms with Crippen LogP contribution in [0.3, 0.4) is 0 Å². The summed E-state index contributed by atoms with van der Waals surface area (Å²) in [5.74, 6) is 0.455. The van der Waals surface area contributed by atoms with E-state index in [1.54, 1.807) is 0 Å². The van der Waals surface area contributed by atoms with Crippen LogP contribution in [0.25, 0.3) is 0 Å². The van der Waals surface area contributed by atoms with Crippen molar-refractivity contribution in [1.29, 1.82) is 0 Å². The van der Waals surface area contributed by atoms with Gasteiger partial charge >= 0.3 is 0 Å². The van der Waals surface area contributed by atoms with Gasteiger partial charge in [0, 0.05) is 45.2 Å². The van der Waals surface area contributed by atoms with Crippen molar-refractivity contribution in [2.45, 2.75) is 37.6 Å². The van der Waals surface area contributed by atoms with Crippen LogP contribution in [0.1, 0.15) is 32.1 Å². The molecule has 7 nitrogen and oxygen atoms in total. The van der Waals surface area contributed by atoms with Crippen molar-refractivity contribution in [3.05, 3.63) is 0 Å². The molecule has 0 aromatic rings. The lowest BCUT2D eigenvalue weighted by Gasteiger charge is -2.49. The van der Waals surface area contributed by atoms with E-state index in [0.717, 1.165) is 52.1 Å². The van der Waals surface area contributed by atoms with Crippen LogP contribution in [-0.4, -0.2) is 79.5 Å². The zero-order valence-corrected chi connectivity index (χ0v) is 15.1. The van der Waals surface area contributed by atoms with E-state index in [0.29, 0.717) is 31.8 Å². The molecule has 0 saturated carbocycles. The summed E-state index contributed by atoms with van der Waals surface area (Å²) >= 11 is 0. The van der Waals surface area contributed by atoms with Gasteiger partial charge in [-0.2, -0.15) is 0 Å². The molecule has 0 spiro atoms. The van der Waals surface area contributed by atoms with Gasteiger partial charge in [0.25, 0.3) is 0 Å². The first-order valence-electron chi connectivity index (χ1n) is 9.84. The molecule has 4 N–H and O–H groups in total. The van der Waals surface area contributed by atoms with Gasteiger partial charge < -0.3 is 21.3 Å². The zero-order chi connectivity index (χ0) is 17.5. The molecule has 0 radical (unpaired) electrons. The summed E-state index contributed by atoms with van der Waals surface area (Å²) in [6.07, 6.45) is 4.87. The Morgan fingerprint density at radius 1 is 0.920 bits per heavy atom. The fourth-order valence-electron chi connectivity index (χ4n) is 5.51. The fraction of sp³-hybridized carbons (Fsp3) is 0.889. The Kier molecular flexibility index (Phi) is 4.50. The molecule has 0 unspecified atom stereocenters. The lowest BCUT2D eigenvalue weighted by molar-refractivity contribution is -0.148. The molecule has 4 aliphatic rings. The van der Waals surface area contributed by atoms with Gasteiger partial charge in [-0.05, 0) is 38.8 Å². The second kappa shape index (κ2) is 6.52. The molecule has 4 saturated heterocycles. The summed E-state index contributed by atoms with van der Waals surface area (Å²) in [5.41, 5.74) is 5.03. The number of hydrogen-bond acceptors (Lipinski definition) is 5. The Bertz CT molecular complexity index is 528. The number of carbonyl (C=O) groups excluding carboxylic acids is 2. The third-order valence-corrected chi connectivity index (χ3v) is 7.17. The largest absolute Gasteiger partial charge is 0.368 e. The molecule has 4 aliphatic heterocycles. The maximum atomic E-state index is 13.3. The number of carbonyl (C=O) groups is 2. The molecule has 0 atom stereocenters. The highest BCUT2D eigenvalue weighted by molar-refractivity contribution is 5.87. The number of piperidine rings is 2. The topological polar surface area (TPSA) is 90.7 Å². The molecule has 0 aromatic heterocycles. The Morgan fingerprint density at radius 3 is 2.08 bits per heavy atom. The van der Waals surface area contributed by atoms with E-state index in [2.05, 4.69) is 15.5 Å². The average Bonchev–Trinajstić information content (AvgIpc) is 3.23. The van der Waals surface area contributed by atoms with Crippen LogP contribution in [0.5, 0.6) is 0 Å². The average molecular weight is 349 g/mol. The first-order valence-corrected chi connectivity index (χ1v) is 9.84. The predicted molar refractivity (Wildman–Crippen MR) is 94.8 cm³/mol. The van der Waals surface area contributed by atoms with Gasteiger partial charge in [-0.3, -0.25) is 14.5 Å². The minimum absolute atomic E-state index is 0.206. The Hall–Kier alpha value is -1.18. The van der Waals surface area contributed by atoms with Crippen LogP contribution < -0.4 is 16.4 Å². The van der Waals surface area contributed by atoms with Crippen LogP contribution in [-0.2, 0) is 9.59 Å². The number of primary amides is 1. The maximum Gasteiger partial charge on any atom is 0.238 e. The minimum Gasteiger partial charge on any atom is -0.368 e. The number of rotatable bonds is 3. The molecule has 2 amide bonds. The third kappa shape index (κ3) is 2.67. The number of hydrogen-bond donors (Lipinski definition) is 3. The summed E-state index contributed by atoms with van der Waals surface area (Å²) in [5, 5.41) is 6.80. The second-order valence-corrected chi connectivity index (χ2v) is 8.35. The molecule has 4 fully saturated rings. The summed E-state index contributed by atoms with van der Waals surface area (Å²) in [7, 11) is 0. The molecular weight excluding hydrogens is 318 g/mol. The monoisotopic (exact) mass is 349 g/mol. The molecule has 0 bridgehead atoms. The number of likely N-dealkylation sites (tertiary alicyclic amines) is 2. The number of nitrogens with two attached hydrogens (primary N) is 1. The van der Waals surface area contributed by atoms with Crippen LogP contribution in [0, 0.1) is 11.3 Å². The van der Waals surface area contributed by atoms with Gasteiger partial charge in [0.2, 0.25) is 11.8 Å². The van der Waals surface area contributed by atoms with Crippen LogP contribution in [0.4, 0.5) is 0 Å².